The molecule has 1 aromatic carbocycles. The fourth-order valence-corrected chi connectivity index (χ4v) is 2.30. The van der Waals surface area contributed by atoms with E-state index in [1.54, 1.807) is 12.1 Å². The summed E-state index contributed by atoms with van der Waals surface area (Å²) in [6.07, 6.45) is 0. The predicted molar refractivity (Wildman–Crippen MR) is 84.5 cm³/mol. The van der Waals surface area contributed by atoms with Crippen LogP contribution in [0.3, 0.4) is 0 Å². The molecule has 1 heterocycles. The van der Waals surface area contributed by atoms with Crippen molar-refractivity contribution >= 4 is 5.69 Å². The van der Waals surface area contributed by atoms with E-state index in [9.17, 15) is 17.6 Å². The number of anilines is 1. The maximum Gasteiger partial charge on any atom is 0.253 e. The fraction of sp³-hybridized carbons (Fsp3) is 0.353. The summed E-state index contributed by atoms with van der Waals surface area (Å²) < 4.78 is 53.1. The van der Waals surface area contributed by atoms with Crippen molar-refractivity contribution in [2.24, 2.45) is 0 Å². The van der Waals surface area contributed by atoms with Gasteiger partial charge >= 0.3 is 0 Å². The van der Waals surface area contributed by atoms with Gasteiger partial charge in [0.15, 0.2) is 0 Å². The van der Waals surface area contributed by atoms with Gasteiger partial charge in [-0.05, 0) is 24.2 Å². The van der Waals surface area contributed by atoms with E-state index in [2.05, 4.69) is 29.0 Å². The standard InChI is InChI=1S/C17H19F4N3/c1-3-24(4-2)10-12-7-5-11(6-8-12)9-22-15-13(18)16(20)23-17(21)14(15)19/h5-8H,3-4,9-10H2,1-2H3,(H,22,23). The average Bonchev–Trinajstić information content (AvgIpc) is 2.59. The molecule has 0 aliphatic carbocycles. The largest absolute Gasteiger partial charge is 0.376 e. The Morgan fingerprint density at radius 1 is 0.875 bits per heavy atom. The van der Waals surface area contributed by atoms with Gasteiger partial charge in [-0.3, -0.25) is 4.90 Å². The molecule has 1 aromatic heterocycles. The lowest BCUT2D eigenvalue weighted by molar-refractivity contribution is 0.296. The van der Waals surface area contributed by atoms with Gasteiger partial charge in [-0.15, -0.1) is 0 Å². The Bertz CT molecular complexity index is 659. The molecule has 130 valence electrons. The Morgan fingerprint density at radius 2 is 1.38 bits per heavy atom. The molecule has 7 heteroatoms. The van der Waals surface area contributed by atoms with Gasteiger partial charge in [-0.2, -0.15) is 22.5 Å². The van der Waals surface area contributed by atoms with Gasteiger partial charge in [0.1, 0.15) is 5.69 Å². The topological polar surface area (TPSA) is 28.2 Å². The molecule has 2 aromatic rings. The van der Waals surface area contributed by atoms with E-state index in [0.29, 0.717) is 0 Å². The Balaban J connectivity index is 2.06. The summed E-state index contributed by atoms with van der Waals surface area (Å²) in [5.41, 5.74) is 0.989. The molecule has 0 spiro atoms. The minimum atomic E-state index is -1.68. The number of halogens is 4. The molecule has 0 bridgehead atoms. The summed E-state index contributed by atoms with van der Waals surface area (Å²) in [4.78, 5) is 4.77. The monoisotopic (exact) mass is 341 g/mol. The highest BCUT2D eigenvalue weighted by Crippen LogP contribution is 2.22. The lowest BCUT2D eigenvalue weighted by Crippen LogP contribution is -2.22. The van der Waals surface area contributed by atoms with Crippen LogP contribution in [0.15, 0.2) is 24.3 Å². The number of hydrogen-bond donors (Lipinski definition) is 1. The van der Waals surface area contributed by atoms with Crippen LogP contribution in [0, 0.1) is 23.5 Å². The molecule has 0 aliphatic heterocycles. The quantitative estimate of drug-likeness (QED) is 0.607. The second kappa shape index (κ2) is 8.10. The molecule has 3 nitrogen and oxygen atoms in total. The minimum Gasteiger partial charge on any atom is -0.376 e. The molecule has 2 rings (SSSR count). The summed E-state index contributed by atoms with van der Waals surface area (Å²) in [5, 5.41) is 2.38. The van der Waals surface area contributed by atoms with Crippen molar-refractivity contribution in [1.82, 2.24) is 9.88 Å². The smallest absolute Gasteiger partial charge is 0.253 e. The molecular weight excluding hydrogens is 322 g/mol. The minimum absolute atomic E-state index is 0.0300. The third-order valence-corrected chi connectivity index (χ3v) is 3.79. The van der Waals surface area contributed by atoms with E-state index >= 15 is 0 Å². The van der Waals surface area contributed by atoms with Crippen LogP contribution in [-0.2, 0) is 13.1 Å². The number of aromatic nitrogens is 1. The van der Waals surface area contributed by atoms with Gasteiger partial charge in [-0.1, -0.05) is 38.1 Å². The zero-order chi connectivity index (χ0) is 17.7. The lowest BCUT2D eigenvalue weighted by Gasteiger charge is -2.18. The Labute approximate surface area is 138 Å². The Morgan fingerprint density at radius 3 is 1.88 bits per heavy atom. The van der Waals surface area contributed by atoms with E-state index in [4.69, 9.17) is 0 Å². The van der Waals surface area contributed by atoms with Gasteiger partial charge < -0.3 is 5.32 Å². The molecule has 1 N–H and O–H groups in total. The van der Waals surface area contributed by atoms with Crippen molar-refractivity contribution in [3.05, 3.63) is 58.9 Å². The van der Waals surface area contributed by atoms with E-state index in [0.717, 1.165) is 30.8 Å². The number of hydrogen-bond acceptors (Lipinski definition) is 3. The molecule has 0 amide bonds. The van der Waals surface area contributed by atoms with Crippen LogP contribution in [0.4, 0.5) is 23.2 Å². The van der Waals surface area contributed by atoms with Gasteiger partial charge in [-0.25, -0.2) is 0 Å². The normalized spacial score (nSPS) is 11.1. The molecular formula is C17H19F4N3. The van der Waals surface area contributed by atoms with Gasteiger partial charge in [0.2, 0.25) is 11.6 Å². The van der Waals surface area contributed by atoms with E-state index in [1.807, 2.05) is 12.1 Å². The molecule has 0 unspecified atom stereocenters. The first-order valence-electron chi connectivity index (χ1n) is 7.70. The van der Waals surface area contributed by atoms with Crippen LogP contribution in [0.25, 0.3) is 0 Å². The first-order valence-corrected chi connectivity index (χ1v) is 7.70. The first kappa shape index (κ1) is 18.2. The van der Waals surface area contributed by atoms with Gasteiger partial charge in [0.05, 0.1) is 0 Å². The molecule has 0 saturated heterocycles. The van der Waals surface area contributed by atoms with E-state index in [-0.39, 0.29) is 6.54 Å². The van der Waals surface area contributed by atoms with Gasteiger partial charge in [0, 0.05) is 13.1 Å². The Kier molecular flexibility index (Phi) is 6.14. The molecule has 0 fully saturated rings. The molecule has 0 aliphatic rings. The number of rotatable bonds is 7. The summed E-state index contributed by atoms with van der Waals surface area (Å²) >= 11 is 0. The zero-order valence-corrected chi connectivity index (χ0v) is 13.5. The fourth-order valence-electron chi connectivity index (χ4n) is 2.30. The van der Waals surface area contributed by atoms with Crippen LogP contribution in [0.1, 0.15) is 25.0 Å². The van der Waals surface area contributed by atoms with Crippen LogP contribution in [0.2, 0.25) is 0 Å². The highest BCUT2D eigenvalue weighted by atomic mass is 19.2. The number of pyridine rings is 1. The predicted octanol–water partition coefficient (Wildman–Crippen LogP) is 4.09. The van der Waals surface area contributed by atoms with E-state index < -0.39 is 29.2 Å². The number of nitrogens with one attached hydrogen (secondary N) is 1. The molecule has 0 radical (unpaired) electrons. The Hall–Kier alpha value is -2.15. The maximum absolute atomic E-state index is 13.5. The van der Waals surface area contributed by atoms with Crippen molar-refractivity contribution < 1.29 is 17.6 Å². The second-order valence-corrected chi connectivity index (χ2v) is 5.33. The summed E-state index contributed by atoms with van der Waals surface area (Å²) in [6.45, 7) is 6.89. The van der Waals surface area contributed by atoms with Crippen molar-refractivity contribution in [3.8, 4) is 0 Å². The summed E-state index contributed by atoms with van der Waals surface area (Å²) in [6, 6.07) is 7.43. The highest BCUT2D eigenvalue weighted by Gasteiger charge is 2.20. The van der Waals surface area contributed by atoms with Crippen molar-refractivity contribution in [2.75, 3.05) is 18.4 Å². The average molecular weight is 341 g/mol. The third-order valence-electron chi connectivity index (χ3n) is 3.79. The van der Waals surface area contributed by atoms with Crippen LogP contribution < -0.4 is 5.32 Å². The number of nitrogens with zero attached hydrogens (tertiary/aromatic N) is 2. The molecule has 0 saturated carbocycles. The zero-order valence-electron chi connectivity index (χ0n) is 13.5. The summed E-state index contributed by atoms with van der Waals surface area (Å²) in [5.74, 6) is -6.42. The third kappa shape index (κ3) is 4.23. The highest BCUT2D eigenvalue weighted by molar-refractivity contribution is 5.46. The van der Waals surface area contributed by atoms with Crippen molar-refractivity contribution in [3.63, 3.8) is 0 Å². The SMILES string of the molecule is CCN(CC)Cc1ccc(CNc2c(F)c(F)nc(F)c2F)cc1. The van der Waals surface area contributed by atoms with Crippen LogP contribution in [-0.4, -0.2) is 23.0 Å². The summed E-state index contributed by atoms with van der Waals surface area (Å²) in [7, 11) is 0. The first-order chi connectivity index (χ1) is 11.5. The number of benzene rings is 1. The van der Waals surface area contributed by atoms with Crippen molar-refractivity contribution in [2.45, 2.75) is 26.9 Å². The van der Waals surface area contributed by atoms with Crippen molar-refractivity contribution in [1.29, 1.82) is 0 Å². The molecule has 24 heavy (non-hydrogen) atoms. The second-order valence-electron chi connectivity index (χ2n) is 5.33. The van der Waals surface area contributed by atoms with Gasteiger partial charge in [0.25, 0.3) is 11.9 Å². The molecule has 0 atom stereocenters. The lowest BCUT2D eigenvalue weighted by atomic mass is 10.1. The van der Waals surface area contributed by atoms with Crippen LogP contribution >= 0.6 is 0 Å². The van der Waals surface area contributed by atoms with Crippen LogP contribution in [0.5, 0.6) is 0 Å². The van der Waals surface area contributed by atoms with E-state index in [1.165, 1.54) is 0 Å². The maximum atomic E-state index is 13.5.